The van der Waals surface area contributed by atoms with Gasteiger partial charge in [-0.05, 0) is 20.3 Å². The van der Waals surface area contributed by atoms with Gasteiger partial charge < -0.3 is 0 Å². The van der Waals surface area contributed by atoms with E-state index in [0.29, 0.717) is 17.9 Å². The number of aryl methyl sites for hydroxylation is 2. The summed E-state index contributed by atoms with van der Waals surface area (Å²) in [4.78, 5) is 20.6. The van der Waals surface area contributed by atoms with Gasteiger partial charge in [-0.1, -0.05) is 6.92 Å². The lowest BCUT2D eigenvalue weighted by Gasteiger charge is -2.07. The predicted octanol–water partition coefficient (Wildman–Crippen LogP) is 0.440. The highest BCUT2D eigenvalue weighted by molar-refractivity contribution is 7.92. The fraction of sp³-hybridized carbons (Fsp3) is 0.545. The van der Waals surface area contributed by atoms with Crippen LogP contribution in [-0.4, -0.2) is 33.8 Å². The van der Waals surface area contributed by atoms with Crippen LogP contribution in [0.4, 0.5) is 5.69 Å². The molecule has 2 N–H and O–H groups in total. The summed E-state index contributed by atoms with van der Waals surface area (Å²) in [6.45, 7) is 5.06. The Morgan fingerprint density at radius 1 is 1.30 bits per heavy atom. The molecule has 8 nitrogen and oxygen atoms in total. The fourth-order valence-corrected chi connectivity index (χ4v) is 2.45. The summed E-state index contributed by atoms with van der Waals surface area (Å²) in [5, 5.41) is 2.83. The van der Waals surface area contributed by atoms with Gasteiger partial charge in [0.15, 0.2) is 0 Å². The zero-order valence-electron chi connectivity index (χ0n) is 11.6. The first-order valence-corrected chi connectivity index (χ1v) is 8.02. The Kier molecular flexibility index (Phi) is 3.80. The Morgan fingerprint density at radius 2 is 2.00 bits per heavy atom. The van der Waals surface area contributed by atoms with Gasteiger partial charge in [-0.15, -0.1) is 0 Å². The van der Waals surface area contributed by atoms with Crippen LogP contribution in [0.25, 0.3) is 5.78 Å². The van der Waals surface area contributed by atoms with E-state index in [-0.39, 0.29) is 17.2 Å². The van der Waals surface area contributed by atoms with Gasteiger partial charge in [-0.2, -0.15) is 9.50 Å². The Bertz CT molecular complexity index is 790. The third kappa shape index (κ3) is 2.67. The number of sulfonamides is 1. The number of rotatable bonds is 5. The molecule has 0 aliphatic carbocycles. The highest BCUT2D eigenvalue weighted by Crippen LogP contribution is 2.10. The van der Waals surface area contributed by atoms with Crippen molar-refractivity contribution < 1.29 is 8.42 Å². The number of aromatic amines is 1. The molecule has 9 heteroatoms. The molecule has 0 aromatic carbocycles. The number of H-pyrrole nitrogens is 1. The van der Waals surface area contributed by atoms with E-state index in [0.717, 1.165) is 10.9 Å². The maximum absolute atomic E-state index is 12.3. The maximum atomic E-state index is 12.3. The van der Waals surface area contributed by atoms with Crippen LogP contribution in [0.15, 0.2) is 4.79 Å². The zero-order chi connectivity index (χ0) is 14.9. The van der Waals surface area contributed by atoms with Gasteiger partial charge in [0.1, 0.15) is 11.5 Å². The van der Waals surface area contributed by atoms with Gasteiger partial charge in [-0.3, -0.25) is 14.6 Å². The molecule has 0 saturated heterocycles. The Balaban J connectivity index is 2.59. The zero-order valence-corrected chi connectivity index (χ0v) is 12.4. The van der Waals surface area contributed by atoms with Gasteiger partial charge in [-0.25, -0.2) is 13.4 Å². The summed E-state index contributed by atoms with van der Waals surface area (Å²) in [5.41, 5.74) is -0.239. The molecule has 2 heterocycles. The van der Waals surface area contributed by atoms with Gasteiger partial charge in [0.2, 0.25) is 10.0 Å². The van der Waals surface area contributed by atoms with E-state index in [1.54, 1.807) is 6.92 Å². The molecule has 0 aliphatic heterocycles. The van der Waals surface area contributed by atoms with Crippen molar-refractivity contribution in [1.29, 1.82) is 0 Å². The van der Waals surface area contributed by atoms with Gasteiger partial charge in [0.25, 0.3) is 11.3 Å². The fourth-order valence-electron chi connectivity index (χ4n) is 1.76. The van der Waals surface area contributed by atoms with Crippen LogP contribution in [0.1, 0.15) is 31.8 Å². The summed E-state index contributed by atoms with van der Waals surface area (Å²) in [7, 11) is -3.53. The monoisotopic (exact) mass is 299 g/mol. The maximum Gasteiger partial charge on any atom is 0.298 e. The minimum Gasteiger partial charge on any atom is -0.277 e. The molecule has 2 aromatic heterocycles. The Labute approximate surface area is 116 Å². The normalized spacial score (nSPS) is 11.9. The van der Waals surface area contributed by atoms with E-state index in [9.17, 15) is 13.2 Å². The molecule has 0 spiro atoms. The van der Waals surface area contributed by atoms with Crippen molar-refractivity contribution in [3.63, 3.8) is 0 Å². The van der Waals surface area contributed by atoms with Crippen LogP contribution < -0.4 is 10.3 Å². The first-order chi connectivity index (χ1) is 9.38. The van der Waals surface area contributed by atoms with Crippen molar-refractivity contribution in [3.8, 4) is 0 Å². The van der Waals surface area contributed by atoms with Gasteiger partial charge >= 0.3 is 0 Å². The highest BCUT2D eigenvalue weighted by atomic mass is 32.2. The third-order valence-electron chi connectivity index (χ3n) is 2.85. The number of nitrogens with zero attached hydrogens (tertiary/aromatic N) is 3. The number of hydrogen-bond donors (Lipinski definition) is 2. The quantitative estimate of drug-likeness (QED) is 0.832. The van der Waals surface area contributed by atoms with Crippen molar-refractivity contribution >= 4 is 21.5 Å². The molecule has 0 fully saturated rings. The second-order valence-corrected chi connectivity index (χ2v) is 6.45. The van der Waals surface area contributed by atoms with E-state index in [4.69, 9.17) is 0 Å². The molecule has 0 atom stereocenters. The van der Waals surface area contributed by atoms with Gasteiger partial charge in [0.05, 0.1) is 11.4 Å². The van der Waals surface area contributed by atoms with Crippen LogP contribution >= 0.6 is 0 Å². The summed E-state index contributed by atoms with van der Waals surface area (Å²) in [6, 6.07) is 0. The lowest BCUT2D eigenvalue weighted by Crippen LogP contribution is -2.26. The molecule has 0 radical (unpaired) electrons. The molecule has 2 aromatic rings. The van der Waals surface area contributed by atoms with Crippen LogP contribution in [0.3, 0.4) is 0 Å². The van der Waals surface area contributed by atoms with Crippen LogP contribution in [0, 0.1) is 6.92 Å². The first kappa shape index (κ1) is 14.5. The van der Waals surface area contributed by atoms with Crippen molar-refractivity contribution in [1.82, 2.24) is 19.6 Å². The lowest BCUT2D eigenvalue weighted by atomic mass is 10.3. The molecule has 0 aliphatic rings. The standard InChI is InChI=1S/C11H17N5O3S/c1-4-6-8-13-11-12-7(3)9(10(17)16(11)14-8)15-20(18,19)5-2/h15H,4-6H2,1-3H3,(H,12,13,14). The number of fused-ring (bicyclic) bond motifs is 1. The highest BCUT2D eigenvalue weighted by Gasteiger charge is 2.17. The smallest absolute Gasteiger partial charge is 0.277 e. The van der Waals surface area contributed by atoms with Gasteiger partial charge in [0, 0.05) is 6.42 Å². The lowest BCUT2D eigenvalue weighted by molar-refractivity contribution is 0.602. The van der Waals surface area contributed by atoms with Crippen molar-refractivity contribution in [2.45, 2.75) is 33.6 Å². The van der Waals surface area contributed by atoms with Crippen LogP contribution in [-0.2, 0) is 16.4 Å². The molecule has 2 rings (SSSR count). The average molecular weight is 299 g/mol. The number of anilines is 1. The number of nitrogens with one attached hydrogen (secondary N) is 2. The Hall–Kier alpha value is -1.90. The minimum atomic E-state index is -3.53. The molecule has 0 bridgehead atoms. The molecular weight excluding hydrogens is 282 g/mol. The third-order valence-corrected chi connectivity index (χ3v) is 4.12. The molecule has 20 heavy (non-hydrogen) atoms. The molecular formula is C11H17N5O3S. The molecule has 110 valence electrons. The van der Waals surface area contributed by atoms with E-state index in [1.807, 2.05) is 6.92 Å². The number of hydrogen-bond acceptors (Lipinski definition) is 5. The van der Waals surface area contributed by atoms with Crippen LogP contribution in [0.2, 0.25) is 0 Å². The summed E-state index contributed by atoms with van der Waals surface area (Å²) in [5.74, 6) is 0.779. The molecule has 0 amide bonds. The SMILES string of the molecule is CCCc1nc2nc(C)c(NS(=O)(=O)CC)c(=O)n2[nH]1. The van der Waals surface area contributed by atoms with E-state index < -0.39 is 15.6 Å². The predicted molar refractivity (Wildman–Crippen MR) is 75.4 cm³/mol. The first-order valence-electron chi connectivity index (χ1n) is 6.36. The van der Waals surface area contributed by atoms with Crippen molar-refractivity contribution in [2.24, 2.45) is 0 Å². The second-order valence-electron chi connectivity index (χ2n) is 4.44. The summed E-state index contributed by atoms with van der Waals surface area (Å²) < 4.78 is 26.6. The van der Waals surface area contributed by atoms with Crippen molar-refractivity contribution in [3.05, 3.63) is 21.9 Å². The molecule has 0 unspecified atom stereocenters. The van der Waals surface area contributed by atoms with Crippen LogP contribution in [0.5, 0.6) is 0 Å². The molecule has 0 saturated carbocycles. The van der Waals surface area contributed by atoms with E-state index in [2.05, 4.69) is 19.8 Å². The summed E-state index contributed by atoms with van der Waals surface area (Å²) in [6.07, 6.45) is 1.57. The average Bonchev–Trinajstić information content (AvgIpc) is 2.78. The second kappa shape index (κ2) is 5.23. The van der Waals surface area contributed by atoms with E-state index >= 15 is 0 Å². The van der Waals surface area contributed by atoms with Crippen molar-refractivity contribution in [2.75, 3.05) is 10.5 Å². The summed E-state index contributed by atoms with van der Waals surface area (Å²) >= 11 is 0. The number of aromatic nitrogens is 4. The topological polar surface area (TPSA) is 109 Å². The van der Waals surface area contributed by atoms with E-state index in [1.165, 1.54) is 6.92 Å². The largest absolute Gasteiger partial charge is 0.298 e. The Morgan fingerprint density at radius 3 is 2.60 bits per heavy atom. The minimum absolute atomic E-state index is 0.0453.